The topological polar surface area (TPSA) is 85.7 Å². The van der Waals surface area contributed by atoms with Gasteiger partial charge in [-0.25, -0.2) is 13.1 Å². The van der Waals surface area contributed by atoms with Gasteiger partial charge in [-0.05, 0) is 25.8 Å². The maximum Gasteiger partial charge on any atom is 0.211 e. The Balaban J connectivity index is 1.52. The van der Waals surface area contributed by atoms with Crippen molar-refractivity contribution >= 4 is 10.0 Å². The van der Waals surface area contributed by atoms with Crippen molar-refractivity contribution in [3.63, 3.8) is 0 Å². The lowest BCUT2D eigenvalue weighted by Crippen LogP contribution is -2.44. The van der Waals surface area contributed by atoms with E-state index in [0.717, 1.165) is 51.3 Å². The quantitative estimate of drug-likeness (QED) is 0.740. The molecule has 3 rings (SSSR count). The van der Waals surface area contributed by atoms with Gasteiger partial charge in [0.2, 0.25) is 10.0 Å². The Morgan fingerprint density at radius 1 is 1.32 bits per heavy atom. The zero-order valence-corrected chi connectivity index (χ0v) is 15.6. The SMILES string of the molecule is Cn1cc([C@H]2OCCC[C@@H]2NS(=O)(=O)CCCN2CCOCC2)cn1. The number of hydrogen-bond donors (Lipinski definition) is 1. The first-order valence-corrected chi connectivity index (χ1v) is 10.6. The molecule has 2 fully saturated rings. The third-order valence-corrected chi connectivity index (χ3v) is 6.19. The van der Waals surface area contributed by atoms with Crippen LogP contribution in [-0.2, 0) is 26.5 Å². The molecule has 25 heavy (non-hydrogen) atoms. The van der Waals surface area contributed by atoms with E-state index in [1.165, 1.54) is 0 Å². The molecule has 0 bridgehead atoms. The van der Waals surface area contributed by atoms with Crippen LogP contribution in [0, 0.1) is 0 Å². The number of hydrogen-bond acceptors (Lipinski definition) is 6. The highest BCUT2D eigenvalue weighted by Crippen LogP contribution is 2.28. The Kier molecular flexibility index (Phi) is 6.45. The second-order valence-electron chi connectivity index (χ2n) is 6.73. The first kappa shape index (κ1) is 18.8. The molecule has 2 aliphatic heterocycles. The zero-order chi connectivity index (χ0) is 17.7. The molecule has 0 saturated carbocycles. The van der Waals surface area contributed by atoms with Gasteiger partial charge < -0.3 is 9.47 Å². The molecule has 2 aliphatic rings. The summed E-state index contributed by atoms with van der Waals surface area (Å²) in [5, 5.41) is 4.17. The van der Waals surface area contributed by atoms with Crippen LogP contribution in [0.2, 0.25) is 0 Å². The zero-order valence-electron chi connectivity index (χ0n) is 14.8. The van der Waals surface area contributed by atoms with Crippen molar-refractivity contribution in [3.8, 4) is 0 Å². The molecule has 1 aromatic rings. The molecule has 2 saturated heterocycles. The van der Waals surface area contributed by atoms with Crippen molar-refractivity contribution in [3.05, 3.63) is 18.0 Å². The Hall–Kier alpha value is -1.00. The van der Waals surface area contributed by atoms with Crippen molar-refractivity contribution in [2.75, 3.05) is 45.2 Å². The molecule has 0 amide bonds. The third-order valence-electron chi connectivity index (χ3n) is 4.70. The molecular formula is C16H28N4O4S. The minimum atomic E-state index is -3.33. The summed E-state index contributed by atoms with van der Waals surface area (Å²) in [5.74, 6) is 0.140. The van der Waals surface area contributed by atoms with E-state index in [4.69, 9.17) is 9.47 Å². The van der Waals surface area contributed by atoms with Gasteiger partial charge in [-0.2, -0.15) is 5.10 Å². The lowest BCUT2D eigenvalue weighted by atomic mass is 9.99. The van der Waals surface area contributed by atoms with E-state index in [1.54, 1.807) is 10.9 Å². The van der Waals surface area contributed by atoms with Crippen LogP contribution in [-0.4, -0.2) is 74.3 Å². The van der Waals surface area contributed by atoms with Crippen molar-refractivity contribution in [2.45, 2.75) is 31.4 Å². The molecule has 9 heteroatoms. The van der Waals surface area contributed by atoms with Crippen LogP contribution in [0.15, 0.2) is 12.4 Å². The van der Waals surface area contributed by atoms with E-state index < -0.39 is 10.0 Å². The smallest absolute Gasteiger partial charge is 0.211 e. The minimum Gasteiger partial charge on any atom is -0.379 e. The van der Waals surface area contributed by atoms with Gasteiger partial charge in [0.1, 0.15) is 6.10 Å². The van der Waals surface area contributed by atoms with Gasteiger partial charge in [0.05, 0.1) is 31.2 Å². The number of nitrogens with zero attached hydrogens (tertiary/aromatic N) is 3. The Morgan fingerprint density at radius 3 is 2.84 bits per heavy atom. The van der Waals surface area contributed by atoms with Crippen LogP contribution in [0.5, 0.6) is 0 Å². The molecule has 0 aromatic carbocycles. The summed E-state index contributed by atoms with van der Waals surface area (Å²) in [7, 11) is -1.49. The number of nitrogens with one attached hydrogen (secondary N) is 1. The Labute approximate surface area is 149 Å². The molecule has 0 radical (unpaired) electrons. The van der Waals surface area contributed by atoms with Crippen LogP contribution in [0.3, 0.4) is 0 Å². The molecule has 0 spiro atoms. The summed E-state index contributed by atoms with van der Waals surface area (Å²) in [6, 6.07) is -0.230. The summed E-state index contributed by atoms with van der Waals surface area (Å²) in [6.45, 7) is 4.67. The molecule has 1 aromatic heterocycles. The van der Waals surface area contributed by atoms with E-state index >= 15 is 0 Å². The molecular weight excluding hydrogens is 344 g/mol. The second kappa shape index (κ2) is 8.59. The molecule has 2 atom stereocenters. The molecule has 0 aliphatic carbocycles. The van der Waals surface area contributed by atoms with Gasteiger partial charge in [-0.15, -0.1) is 0 Å². The van der Waals surface area contributed by atoms with Gasteiger partial charge >= 0.3 is 0 Å². The highest BCUT2D eigenvalue weighted by Gasteiger charge is 2.31. The predicted octanol–water partition coefficient (Wildman–Crippen LogP) is 0.282. The van der Waals surface area contributed by atoms with E-state index in [0.29, 0.717) is 13.0 Å². The summed E-state index contributed by atoms with van der Waals surface area (Å²) >= 11 is 0. The predicted molar refractivity (Wildman–Crippen MR) is 93.7 cm³/mol. The molecule has 8 nitrogen and oxygen atoms in total. The van der Waals surface area contributed by atoms with E-state index in [-0.39, 0.29) is 17.9 Å². The summed E-state index contributed by atoms with van der Waals surface area (Å²) in [4.78, 5) is 2.25. The van der Waals surface area contributed by atoms with Crippen LogP contribution in [0.25, 0.3) is 0 Å². The van der Waals surface area contributed by atoms with Crippen molar-refractivity contribution in [1.82, 2.24) is 19.4 Å². The second-order valence-corrected chi connectivity index (χ2v) is 8.61. The van der Waals surface area contributed by atoms with Crippen LogP contribution in [0.4, 0.5) is 0 Å². The lowest BCUT2D eigenvalue weighted by Gasteiger charge is -2.31. The minimum absolute atomic E-state index is 0.140. The maximum absolute atomic E-state index is 12.5. The van der Waals surface area contributed by atoms with Gasteiger partial charge in [-0.3, -0.25) is 9.58 Å². The third kappa shape index (κ3) is 5.49. The van der Waals surface area contributed by atoms with Crippen LogP contribution < -0.4 is 4.72 Å². The number of morpholine rings is 1. The van der Waals surface area contributed by atoms with Crippen molar-refractivity contribution in [2.24, 2.45) is 7.05 Å². The summed E-state index contributed by atoms with van der Waals surface area (Å²) in [5.41, 5.74) is 0.920. The van der Waals surface area contributed by atoms with Gasteiger partial charge in [0, 0.05) is 38.5 Å². The summed E-state index contributed by atoms with van der Waals surface area (Å²) in [6.07, 6.45) is 5.63. The standard InChI is InChI=1S/C16H28N4O4S/c1-19-13-14(12-17-19)16-15(4-2-8-24-16)18-25(21,22)11-3-5-20-6-9-23-10-7-20/h12-13,15-16,18H,2-11H2,1H3/t15-,16+/m0/s1. The highest BCUT2D eigenvalue weighted by molar-refractivity contribution is 7.89. The van der Waals surface area contributed by atoms with Crippen LogP contribution >= 0.6 is 0 Å². The average Bonchev–Trinajstić information content (AvgIpc) is 3.02. The number of aryl methyl sites for hydroxylation is 1. The fraction of sp³-hybridized carbons (Fsp3) is 0.812. The first-order valence-electron chi connectivity index (χ1n) is 8.94. The Morgan fingerprint density at radius 2 is 2.12 bits per heavy atom. The fourth-order valence-corrected chi connectivity index (χ4v) is 4.74. The largest absolute Gasteiger partial charge is 0.379 e. The average molecular weight is 372 g/mol. The van der Waals surface area contributed by atoms with Crippen LogP contribution in [0.1, 0.15) is 30.9 Å². The lowest BCUT2D eigenvalue weighted by molar-refractivity contribution is -0.00447. The van der Waals surface area contributed by atoms with E-state index in [2.05, 4.69) is 14.7 Å². The molecule has 3 heterocycles. The fourth-order valence-electron chi connectivity index (χ4n) is 3.41. The van der Waals surface area contributed by atoms with Crippen molar-refractivity contribution in [1.29, 1.82) is 0 Å². The Bertz CT molecular complexity index is 642. The normalized spacial score (nSPS) is 26.0. The van der Waals surface area contributed by atoms with E-state index in [1.807, 2.05) is 13.2 Å². The first-order chi connectivity index (χ1) is 12.0. The van der Waals surface area contributed by atoms with Gasteiger partial charge in [0.15, 0.2) is 0 Å². The highest BCUT2D eigenvalue weighted by atomic mass is 32.2. The van der Waals surface area contributed by atoms with E-state index in [9.17, 15) is 8.42 Å². The number of rotatable bonds is 7. The maximum atomic E-state index is 12.5. The summed E-state index contributed by atoms with van der Waals surface area (Å²) < 4.78 is 40.7. The van der Waals surface area contributed by atoms with Gasteiger partial charge in [0.25, 0.3) is 0 Å². The van der Waals surface area contributed by atoms with Crippen molar-refractivity contribution < 1.29 is 17.9 Å². The molecule has 142 valence electrons. The number of ether oxygens (including phenoxy) is 2. The molecule has 1 N–H and O–H groups in total. The molecule has 0 unspecified atom stereocenters. The number of aromatic nitrogens is 2. The number of sulfonamides is 1. The van der Waals surface area contributed by atoms with Gasteiger partial charge in [-0.1, -0.05) is 0 Å². The monoisotopic (exact) mass is 372 g/mol.